The number of likely N-dealkylation sites (tertiary alicyclic amines) is 1. The normalized spacial score (nSPS) is 26.5. The van der Waals surface area contributed by atoms with E-state index in [4.69, 9.17) is 9.84 Å². The van der Waals surface area contributed by atoms with E-state index in [1.165, 1.54) is 12.8 Å². The fourth-order valence-corrected chi connectivity index (χ4v) is 2.14. The minimum Gasteiger partial charge on any atom is -0.480 e. The number of hydrogen-bond donors (Lipinski definition) is 3. The zero-order valence-corrected chi connectivity index (χ0v) is 10.7. The Kier molecular flexibility index (Phi) is 4.60. The van der Waals surface area contributed by atoms with Crippen molar-refractivity contribution in [2.45, 2.75) is 31.4 Å². The van der Waals surface area contributed by atoms with Gasteiger partial charge in [-0.2, -0.15) is 0 Å². The van der Waals surface area contributed by atoms with E-state index in [0.717, 1.165) is 11.5 Å². The number of carbonyl (C=O) groups is 2. The first-order chi connectivity index (χ1) is 9.08. The molecule has 2 amide bonds. The van der Waals surface area contributed by atoms with Gasteiger partial charge in [-0.15, -0.1) is 0 Å². The molecular weight excluding hydrogens is 252 g/mol. The van der Waals surface area contributed by atoms with E-state index in [1.807, 2.05) is 0 Å². The Hall–Kier alpha value is -1.34. The van der Waals surface area contributed by atoms with Crippen LogP contribution in [0, 0.1) is 5.92 Å². The van der Waals surface area contributed by atoms with Crippen LogP contribution in [0.1, 0.15) is 19.3 Å². The number of carboxylic acid groups (broad SMARTS) is 1. The van der Waals surface area contributed by atoms with Crippen LogP contribution in [0.2, 0.25) is 0 Å². The van der Waals surface area contributed by atoms with Crippen LogP contribution in [0.5, 0.6) is 0 Å². The van der Waals surface area contributed by atoms with E-state index in [-0.39, 0.29) is 13.0 Å². The fourth-order valence-electron chi connectivity index (χ4n) is 2.14. The van der Waals surface area contributed by atoms with Crippen molar-refractivity contribution in [2.24, 2.45) is 5.92 Å². The first-order valence-corrected chi connectivity index (χ1v) is 6.61. The van der Waals surface area contributed by atoms with Crippen molar-refractivity contribution >= 4 is 12.0 Å². The summed E-state index contributed by atoms with van der Waals surface area (Å²) < 4.78 is 5.37. The number of rotatable bonds is 6. The Labute approximate surface area is 111 Å². The second kappa shape index (κ2) is 6.21. The molecule has 0 aromatic heterocycles. The van der Waals surface area contributed by atoms with Gasteiger partial charge < -0.3 is 25.2 Å². The molecule has 0 aromatic rings. The molecule has 108 valence electrons. The average Bonchev–Trinajstić information content (AvgIpc) is 3.09. The largest absolute Gasteiger partial charge is 0.480 e. The molecule has 0 spiro atoms. The van der Waals surface area contributed by atoms with Crippen LogP contribution in [0.25, 0.3) is 0 Å². The lowest BCUT2D eigenvalue weighted by Gasteiger charge is -2.21. The van der Waals surface area contributed by atoms with Gasteiger partial charge in [0.15, 0.2) is 0 Å². The predicted molar refractivity (Wildman–Crippen MR) is 65.7 cm³/mol. The standard InChI is InChI=1S/C12H20N2O5/c15-9-5-10(11(16)17)14(6-9)12(18)13-3-4-19-7-8-1-2-8/h8-10,15H,1-7H2,(H,13,18)(H,16,17). The minimum atomic E-state index is -1.09. The van der Waals surface area contributed by atoms with Crippen LogP contribution in [-0.2, 0) is 9.53 Å². The summed E-state index contributed by atoms with van der Waals surface area (Å²) in [5, 5.41) is 21.0. The second-order valence-electron chi connectivity index (χ2n) is 5.15. The van der Waals surface area contributed by atoms with Crippen molar-refractivity contribution in [1.29, 1.82) is 0 Å². The van der Waals surface area contributed by atoms with E-state index in [0.29, 0.717) is 19.1 Å². The number of urea groups is 1. The van der Waals surface area contributed by atoms with Crippen LogP contribution in [0.3, 0.4) is 0 Å². The number of aliphatic hydroxyl groups is 1. The van der Waals surface area contributed by atoms with Gasteiger partial charge in [-0.25, -0.2) is 9.59 Å². The lowest BCUT2D eigenvalue weighted by molar-refractivity contribution is -0.141. The van der Waals surface area contributed by atoms with Crippen molar-refractivity contribution in [3.8, 4) is 0 Å². The Balaban J connectivity index is 1.67. The van der Waals surface area contributed by atoms with Crippen LogP contribution >= 0.6 is 0 Å². The summed E-state index contributed by atoms with van der Waals surface area (Å²) in [7, 11) is 0. The highest BCUT2D eigenvalue weighted by molar-refractivity contribution is 5.83. The van der Waals surface area contributed by atoms with E-state index in [1.54, 1.807) is 0 Å². The van der Waals surface area contributed by atoms with E-state index >= 15 is 0 Å². The molecule has 0 radical (unpaired) electrons. The van der Waals surface area contributed by atoms with Crippen LogP contribution in [-0.4, -0.2) is 65.6 Å². The SMILES string of the molecule is O=C(O)C1CC(O)CN1C(=O)NCCOCC1CC1. The van der Waals surface area contributed by atoms with Gasteiger partial charge in [-0.05, 0) is 18.8 Å². The first-order valence-electron chi connectivity index (χ1n) is 6.61. The zero-order valence-electron chi connectivity index (χ0n) is 10.7. The molecule has 1 saturated carbocycles. The summed E-state index contributed by atoms with van der Waals surface area (Å²) in [6.07, 6.45) is 1.76. The minimum absolute atomic E-state index is 0.0612. The fraction of sp³-hybridized carbons (Fsp3) is 0.833. The summed E-state index contributed by atoms with van der Waals surface area (Å²) in [4.78, 5) is 23.9. The molecule has 7 nitrogen and oxygen atoms in total. The highest BCUT2D eigenvalue weighted by Crippen LogP contribution is 2.28. The Morgan fingerprint density at radius 1 is 1.37 bits per heavy atom. The highest BCUT2D eigenvalue weighted by Gasteiger charge is 2.38. The lowest BCUT2D eigenvalue weighted by Crippen LogP contribution is -2.46. The van der Waals surface area contributed by atoms with Crippen molar-refractivity contribution in [3.05, 3.63) is 0 Å². The number of nitrogens with zero attached hydrogens (tertiary/aromatic N) is 1. The topological polar surface area (TPSA) is 99.1 Å². The van der Waals surface area contributed by atoms with Gasteiger partial charge in [0.05, 0.1) is 12.7 Å². The Bertz CT molecular complexity index is 345. The number of carboxylic acids is 1. The molecule has 2 atom stereocenters. The molecule has 2 rings (SSSR count). The first kappa shape index (κ1) is 14.1. The molecule has 1 heterocycles. The quantitative estimate of drug-likeness (QED) is 0.574. The van der Waals surface area contributed by atoms with Crippen molar-refractivity contribution < 1.29 is 24.5 Å². The third-order valence-corrected chi connectivity index (χ3v) is 3.40. The van der Waals surface area contributed by atoms with E-state index in [9.17, 15) is 14.7 Å². The van der Waals surface area contributed by atoms with Gasteiger partial charge in [0, 0.05) is 26.1 Å². The molecule has 7 heteroatoms. The van der Waals surface area contributed by atoms with Gasteiger partial charge >= 0.3 is 12.0 Å². The monoisotopic (exact) mass is 272 g/mol. The molecule has 2 aliphatic rings. The highest BCUT2D eigenvalue weighted by atomic mass is 16.5. The number of ether oxygens (including phenoxy) is 1. The van der Waals surface area contributed by atoms with E-state index in [2.05, 4.69) is 5.32 Å². The predicted octanol–water partition coefficient (Wildman–Crippen LogP) is -0.358. The Morgan fingerprint density at radius 3 is 2.74 bits per heavy atom. The number of nitrogens with one attached hydrogen (secondary N) is 1. The zero-order chi connectivity index (χ0) is 13.8. The molecular formula is C12H20N2O5. The molecule has 2 unspecified atom stereocenters. The molecule has 3 N–H and O–H groups in total. The smallest absolute Gasteiger partial charge is 0.326 e. The number of aliphatic carboxylic acids is 1. The van der Waals surface area contributed by atoms with Crippen molar-refractivity contribution in [3.63, 3.8) is 0 Å². The van der Waals surface area contributed by atoms with Crippen LogP contribution < -0.4 is 5.32 Å². The summed E-state index contributed by atoms with van der Waals surface area (Å²) >= 11 is 0. The number of amides is 2. The number of β-amino-alcohol motifs (C(OH)–C–C–N with tert-alkyl or cyclic N) is 1. The lowest BCUT2D eigenvalue weighted by atomic mass is 10.2. The van der Waals surface area contributed by atoms with Crippen LogP contribution in [0.4, 0.5) is 4.79 Å². The van der Waals surface area contributed by atoms with Crippen molar-refractivity contribution in [1.82, 2.24) is 10.2 Å². The maximum Gasteiger partial charge on any atom is 0.326 e. The van der Waals surface area contributed by atoms with Gasteiger partial charge in [-0.1, -0.05) is 0 Å². The third-order valence-electron chi connectivity index (χ3n) is 3.40. The third kappa shape index (κ3) is 4.07. The maximum atomic E-state index is 11.8. The van der Waals surface area contributed by atoms with Gasteiger partial charge in [0.25, 0.3) is 0 Å². The van der Waals surface area contributed by atoms with Gasteiger partial charge in [0.1, 0.15) is 6.04 Å². The molecule has 1 aliphatic heterocycles. The molecule has 2 fully saturated rings. The number of aliphatic hydroxyl groups excluding tert-OH is 1. The molecule has 19 heavy (non-hydrogen) atoms. The van der Waals surface area contributed by atoms with Gasteiger partial charge in [0.2, 0.25) is 0 Å². The summed E-state index contributed by atoms with van der Waals surface area (Å²) in [6.45, 7) is 1.57. The summed E-state index contributed by atoms with van der Waals surface area (Å²) in [6, 6.07) is -1.40. The molecule has 1 aliphatic carbocycles. The maximum absolute atomic E-state index is 11.8. The Morgan fingerprint density at radius 2 is 2.11 bits per heavy atom. The summed E-state index contributed by atoms with van der Waals surface area (Å²) in [5.41, 5.74) is 0. The van der Waals surface area contributed by atoms with Crippen LogP contribution in [0.15, 0.2) is 0 Å². The summed E-state index contributed by atoms with van der Waals surface area (Å²) in [5.74, 6) is -0.405. The van der Waals surface area contributed by atoms with E-state index < -0.39 is 24.1 Å². The number of hydrogen-bond acceptors (Lipinski definition) is 4. The van der Waals surface area contributed by atoms with Crippen molar-refractivity contribution in [2.75, 3.05) is 26.3 Å². The average molecular weight is 272 g/mol. The second-order valence-corrected chi connectivity index (χ2v) is 5.15. The number of carbonyl (C=O) groups excluding carboxylic acids is 1. The molecule has 1 saturated heterocycles. The molecule has 0 aromatic carbocycles. The van der Waals surface area contributed by atoms with Gasteiger partial charge in [-0.3, -0.25) is 0 Å². The molecule has 0 bridgehead atoms.